The lowest BCUT2D eigenvalue weighted by Gasteiger charge is -2.35. The van der Waals surface area contributed by atoms with E-state index in [0.29, 0.717) is 47.9 Å². The summed E-state index contributed by atoms with van der Waals surface area (Å²) in [5, 5.41) is 6.69. The van der Waals surface area contributed by atoms with Crippen LogP contribution in [0, 0.1) is 17.6 Å². The van der Waals surface area contributed by atoms with E-state index in [9.17, 15) is 17.6 Å². The van der Waals surface area contributed by atoms with Gasteiger partial charge in [0.1, 0.15) is 11.6 Å². The molecular weight excluding hydrogens is 604 g/mol. The summed E-state index contributed by atoms with van der Waals surface area (Å²) < 4.78 is 57.9. The summed E-state index contributed by atoms with van der Waals surface area (Å²) in [6.07, 6.45) is 0.545. The Hall–Kier alpha value is -3.63. The van der Waals surface area contributed by atoms with Crippen molar-refractivity contribution in [1.82, 2.24) is 9.62 Å². The second-order valence-corrected chi connectivity index (χ2v) is 13.3. The molecule has 0 bridgehead atoms. The van der Waals surface area contributed by atoms with Gasteiger partial charge in [-0.25, -0.2) is 17.2 Å². The van der Waals surface area contributed by atoms with Gasteiger partial charge < -0.3 is 10.6 Å². The van der Waals surface area contributed by atoms with Crippen molar-refractivity contribution in [2.24, 2.45) is 5.92 Å². The van der Waals surface area contributed by atoms with E-state index >= 15 is 4.39 Å². The van der Waals surface area contributed by atoms with Crippen LogP contribution < -0.4 is 10.6 Å². The Bertz CT molecular complexity index is 1700. The Labute approximate surface area is 262 Å². The summed E-state index contributed by atoms with van der Waals surface area (Å²) in [4.78, 5) is 13.9. The average Bonchev–Trinajstić information content (AvgIpc) is 3.02. The van der Waals surface area contributed by atoms with Crippen LogP contribution in [0.15, 0.2) is 102 Å². The van der Waals surface area contributed by atoms with Crippen LogP contribution in [0.3, 0.4) is 0 Å². The summed E-state index contributed by atoms with van der Waals surface area (Å²) in [6, 6.07) is 25.6. The van der Waals surface area contributed by atoms with Crippen LogP contribution in [0.5, 0.6) is 0 Å². The normalized spacial score (nSPS) is 17.1. The molecule has 1 aliphatic rings. The lowest BCUT2D eigenvalue weighted by Crippen LogP contribution is -2.53. The molecule has 1 saturated heterocycles. The zero-order valence-corrected chi connectivity index (χ0v) is 25.8. The van der Waals surface area contributed by atoms with E-state index in [4.69, 9.17) is 11.6 Å². The molecule has 1 heterocycles. The smallest absolute Gasteiger partial charge is 0.243 e. The van der Waals surface area contributed by atoms with E-state index < -0.39 is 39.5 Å². The van der Waals surface area contributed by atoms with Crippen molar-refractivity contribution in [1.29, 1.82) is 0 Å². The first kappa shape index (κ1) is 31.8. The highest BCUT2D eigenvalue weighted by atomic mass is 35.5. The van der Waals surface area contributed by atoms with Gasteiger partial charge in [0.25, 0.3) is 0 Å². The molecule has 4 aromatic carbocycles. The Morgan fingerprint density at radius 3 is 2.43 bits per heavy atom. The monoisotopic (exact) mass is 637 g/mol. The van der Waals surface area contributed by atoms with E-state index in [-0.39, 0.29) is 17.2 Å². The van der Waals surface area contributed by atoms with E-state index in [1.807, 2.05) is 12.1 Å². The molecule has 3 atom stereocenters. The number of nitrogens with one attached hydrogen (secondary N) is 2. The van der Waals surface area contributed by atoms with Gasteiger partial charge in [0.2, 0.25) is 15.9 Å². The number of halogens is 3. The molecule has 0 aliphatic carbocycles. The summed E-state index contributed by atoms with van der Waals surface area (Å²) >= 11 is 6.11. The van der Waals surface area contributed by atoms with Crippen molar-refractivity contribution < 1.29 is 22.0 Å². The molecule has 1 aliphatic heterocycles. The maximum atomic E-state index is 15.3. The largest absolute Gasteiger partial charge is 0.325 e. The number of sulfonamides is 1. The van der Waals surface area contributed by atoms with Crippen LogP contribution in [0.1, 0.15) is 36.0 Å². The molecule has 44 heavy (non-hydrogen) atoms. The van der Waals surface area contributed by atoms with E-state index in [1.54, 1.807) is 67.6 Å². The third-order valence-corrected chi connectivity index (χ3v) is 10.3. The minimum atomic E-state index is -3.74. The third kappa shape index (κ3) is 7.18. The lowest BCUT2D eigenvalue weighted by atomic mass is 9.81. The second kappa shape index (κ2) is 14.0. The number of piperazine rings is 1. The molecule has 0 unspecified atom stereocenters. The molecule has 230 valence electrons. The van der Waals surface area contributed by atoms with Crippen LogP contribution in [0.25, 0.3) is 0 Å². The predicted octanol–water partition coefficient (Wildman–Crippen LogP) is 6.62. The number of amides is 1. The number of benzene rings is 4. The van der Waals surface area contributed by atoms with Crippen LogP contribution in [-0.4, -0.2) is 44.3 Å². The zero-order chi connectivity index (χ0) is 31.3. The third-order valence-electron chi connectivity index (χ3n) is 8.10. The van der Waals surface area contributed by atoms with Crippen molar-refractivity contribution in [3.8, 4) is 0 Å². The van der Waals surface area contributed by atoms with Crippen molar-refractivity contribution >= 4 is 33.2 Å². The molecule has 0 spiro atoms. The molecular formula is C34H34ClF2N3O3S. The van der Waals surface area contributed by atoms with E-state index in [1.165, 1.54) is 28.6 Å². The number of nitrogens with zero attached hydrogens (tertiary/aromatic N) is 1. The Kier molecular flexibility index (Phi) is 10.1. The fourth-order valence-electron chi connectivity index (χ4n) is 5.81. The van der Waals surface area contributed by atoms with Crippen molar-refractivity contribution in [2.75, 3.05) is 25.0 Å². The molecule has 6 nitrogen and oxygen atoms in total. The maximum absolute atomic E-state index is 15.3. The standard InChI is InChI=1S/C34H34ClF2N3O3S/c1-23(33(24-13-15-26(35)16-14-24)25-7-5-8-27(36)21-25)34(41)39-32-12-6-11-31(37)30(32)18-17-28-22-38-19-20-40(28)44(42,43)29-9-3-2-4-10-29/h2-16,21,23,28,33,38H,17-20,22H2,1H3,(H,39,41)/t23-,28-,33-/m0/s1. The lowest BCUT2D eigenvalue weighted by molar-refractivity contribution is -0.119. The molecule has 0 saturated carbocycles. The minimum Gasteiger partial charge on any atom is -0.325 e. The Morgan fingerprint density at radius 1 is 0.977 bits per heavy atom. The molecule has 10 heteroatoms. The molecule has 0 aromatic heterocycles. The summed E-state index contributed by atoms with van der Waals surface area (Å²) in [7, 11) is -3.74. The number of carbonyl (C=O) groups excluding carboxylic acids is 1. The Morgan fingerprint density at radius 2 is 1.70 bits per heavy atom. The van der Waals surface area contributed by atoms with Gasteiger partial charge in [-0.1, -0.05) is 67.1 Å². The number of hydrogen-bond donors (Lipinski definition) is 2. The van der Waals surface area contributed by atoms with Crippen molar-refractivity contribution in [3.05, 3.63) is 130 Å². The van der Waals surface area contributed by atoms with Crippen molar-refractivity contribution in [3.63, 3.8) is 0 Å². The van der Waals surface area contributed by atoms with Gasteiger partial charge in [0.15, 0.2) is 0 Å². The van der Waals surface area contributed by atoms with Gasteiger partial charge in [0, 0.05) is 53.8 Å². The first-order valence-corrected chi connectivity index (χ1v) is 16.3. The van der Waals surface area contributed by atoms with E-state index in [0.717, 1.165) is 5.56 Å². The highest BCUT2D eigenvalue weighted by Gasteiger charge is 2.34. The van der Waals surface area contributed by atoms with Gasteiger partial charge in [0.05, 0.1) is 4.90 Å². The molecule has 4 aromatic rings. The van der Waals surface area contributed by atoms with Crippen LogP contribution in [0.4, 0.5) is 14.5 Å². The van der Waals surface area contributed by atoms with Gasteiger partial charge in [-0.15, -0.1) is 0 Å². The van der Waals surface area contributed by atoms with Gasteiger partial charge in [-0.05, 0) is 72.5 Å². The summed E-state index contributed by atoms with van der Waals surface area (Å²) in [5.41, 5.74) is 2.02. The van der Waals surface area contributed by atoms with Gasteiger partial charge in [-0.2, -0.15) is 4.31 Å². The first-order valence-electron chi connectivity index (χ1n) is 14.5. The number of carbonyl (C=O) groups is 1. The number of hydrogen-bond acceptors (Lipinski definition) is 4. The van der Waals surface area contributed by atoms with Crippen LogP contribution >= 0.6 is 11.6 Å². The summed E-state index contributed by atoms with van der Waals surface area (Å²) in [6.45, 7) is 2.99. The predicted molar refractivity (Wildman–Crippen MR) is 169 cm³/mol. The fraction of sp³-hybridized carbons (Fsp3) is 0.265. The minimum absolute atomic E-state index is 0.203. The van der Waals surface area contributed by atoms with Crippen LogP contribution in [0.2, 0.25) is 5.02 Å². The topological polar surface area (TPSA) is 78.5 Å². The maximum Gasteiger partial charge on any atom is 0.243 e. The second-order valence-electron chi connectivity index (χ2n) is 11.0. The van der Waals surface area contributed by atoms with Gasteiger partial charge >= 0.3 is 0 Å². The first-order chi connectivity index (χ1) is 21.1. The SMILES string of the molecule is C[C@H](C(=O)Nc1cccc(F)c1CC[C@H]1CNCCN1S(=O)(=O)c1ccccc1)[C@@H](c1ccc(Cl)cc1)c1cccc(F)c1. The van der Waals surface area contributed by atoms with Crippen molar-refractivity contribution in [2.45, 2.75) is 36.6 Å². The molecule has 5 rings (SSSR count). The Balaban J connectivity index is 1.37. The number of anilines is 1. The zero-order valence-electron chi connectivity index (χ0n) is 24.2. The molecule has 1 amide bonds. The van der Waals surface area contributed by atoms with Gasteiger partial charge in [-0.3, -0.25) is 4.79 Å². The molecule has 0 radical (unpaired) electrons. The quantitative estimate of drug-likeness (QED) is 0.205. The average molecular weight is 638 g/mol. The molecule has 1 fully saturated rings. The number of rotatable bonds is 10. The highest BCUT2D eigenvalue weighted by molar-refractivity contribution is 7.89. The fourth-order valence-corrected chi connectivity index (χ4v) is 7.61. The molecule has 2 N–H and O–H groups in total. The van der Waals surface area contributed by atoms with E-state index in [2.05, 4.69) is 10.6 Å². The highest BCUT2D eigenvalue weighted by Crippen LogP contribution is 2.35. The summed E-state index contributed by atoms with van der Waals surface area (Å²) in [5.74, 6) is -2.43. The van der Waals surface area contributed by atoms with Crippen LogP contribution in [-0.2, 0) is 21.2 Å².